The lowest BCUT2D eigenvalue weighted by Crippen LogP contribution is -2.22. The van der Waals surface area contributed by atoms with Crippen LogP contribution in [-0.4, -0.2) is 18.5 Å². The van der Waals surface area contributed by atoms with Gasteiger partial charge in [0.15, 0.2) is 6.61 Å². The highest BCUT2D eigenvalue weighted by atomic mass is 79.9. The number of amides is 1. The quantitative estimate of drug-likeness (QED) is 0.838. The monoisotopic (exact) mass is 369 g/mol. The molecule has 0 saturated heterocycles. The van der Waals surface area contributed by atoms with Crippen LogP contribution in [0.3, 0.4) is 0 Å². The number of esters is 1. The van der Waals surface area contributed by atoms with Gasteiger partial charge >= 0.3 is 5.97 Å². The number of anilines is 1. The van der Waals surface area contributed by atoms with E-state index < -0.39 is 35.8 Å². The molecule has 0 bridgehead atoms. The molecule has 0 atom stereocenters. The van der Waals surface area contributed by atoms with Crippen LogP contribution >= 0.6 is 15.9 Å². The topological polar surface area (TPSA) is 55.4 Å². The van der Waals surface area contributed by atoms with Crippen molar-refractivity contribution in [2.45, 2.75) is 0 Å². The second kappa shape index (κ2) is 7.13. The van der Waals surface area contributed by atoms with Gasteiger partial charge < -0.3 is 10.1 Å². The Morgan fingerprint density at radius 1 is 1.05 bits per heavy atom. The van der Waals surface area contributed by atoms with Gasteiger partial charge in [-0.3, -0.25) is 4.79 Å². The highest BCUT2D eigenvalue weighted by molar-refractivity contribution is 9.10. The number of benzene rings is 2. The normalized spacial score (nSPS) is 10.1. The zero-order valence-electron chi connectivity index (χ0n) is 11.1. The molecular weight excluding hydrogens is 360 g/mol. The summed E-state index contributed by atoms with van der Waals surface area (Å²) in [5, 5.41) is 2.02. The molecular formula is C15H10BrF2NO3. The molecule has 1 amide bonds. The maximum Gasteiger partial charge on any atom is 0.339 e. The molecule has 0 aliphatic carbocycles. The second-order valence-electron chi connectivity index (χ2n) is 4.20. The summed E-state index contributed by atoms with van der Waals surface area (Å²) in [4.78, 5) is 23.4. The van der Waals surface area contributed by atoms with Gasteiger partial charge in [0.2, 0.25) is 0 Å². The lowest BCUT2D eigenvalue weighted by molar-refractivity contribution is -0.119. The van der Waals surface area contributed by atoms with Crippen LogP contribution in [0, 0.1) is 11.6 Å². The van der Waals surface area contributed by atoms with Gasteiger partial charge in [-0.05, 0) is 40.2 Å². The molecule has 2 aromatic carbocycles. The summed E-state index contributed by atoms with van der Waals surface area (Å²) in [6, 6.07) is 9.70. The Morgan fingerprint density at radius 3 is 2.32 bits per heavy atom. The molecule has 0 radical (unpaired) electrons. The van der Waals surface area contributed by atoms with Crippen LogP contribution in [0.4, 0.5) is 14.5 Å². The van der Waals surface area contributed by atoms with Crippen molar-refractivity contribution >= 4 is 33.5 Å². The Bertz CT molecular complexity index is 701. The molecule has 0 spiro atoms. The predicted molar refractivity (Wildman–Crippen MR) is 79.4 cm³/mol. The van der Waals surface area contributed by atoms with E-state index in [2.05, 4.69) is 15.9 Å². The lowest BCUT2D eigenvalue weighted by Gasteiger charge is -2.08. The summed E-state index contributed by atoms with van der Waals surface area (Å²) >= 11 is 3.18. The van der Waals surface area contributed by atoms with Crippen molar-refractivity contribution < 1.29 is 23.1 Å². The minimum atomic E-state index is -0.912. The van der Waals surface area contributed by atoms with Gasteiger partial charge in [-0.2, -0.15) is 0 Å². The number of hydrogen-bond acceptors (Lipinski definition) is 3. The van der Waals surface area contributed by atoms with E-state index >= 15 is 0 Å². The largest absolute Gasteiger partial charge is 0.452 e. The van der Waals surface area contributed by atoms with Gasteiger partial charge in [0, 0.05) is 4.47 Å². The van der Waals surface area contributed by atoms with Crippen molar-refractivity contribution in [1.29, 1.82) is 0 Å². The van der Waals surface area contributed by atoms with Crippen molar-refractivity contribution in [3.8, 4) is 0 Å². The number of hydrogen-bond donors (Lipinski definition) is 1. The summed E-state index contributed by atoms with van der Waals surface area (Å²) in [6.07, 6.45) is 0. The molecule has 0 aliphatic heterocycles. The van der Waals surface area contributed by atoms with Gasteiger partial charge in [-0.1, -0.05) is 18.2 Å². The van der Waals surface area contributed by atoms with Gasteiger partial charge in [0.1, 0.15) is 17.3 Å². The van der Waals surface area contributed by atoms with E-state index in [1.54, 1.807) is 18.2 Å². The first-order chi connectivity index (χ1) is 10.5. The van der Waals surface area contributed by atoms with Gasteiger partial charge in [0.25, 0.3) is 5.91 Å². The Hall–Kier alpha value is -2.28. The average Bonchev–Trinajstić information content (AvgIpc) is 2.49. The van der Waals surface area contributed by atoms with Crippen LogP contribution in [-0.2, 0) is 9.53 Å². The first-order valence-electron chi connectivity index (χ1n) is 6.14. The number of carbonyl (C=O) groups is 2. The molecule has 0 heterocycles. The molecule has 0 aromatic heterocycles. The van der Waals surface area contributed by atoms with E-state index in [4.69, 9.17) is 4.74 Å². The molecule has 0 unspecified atom stereocenters. The molecule has 0 saturated carbocycles. The van der Waals surface area contributed by atoms with Crippen molar-refractivity contribution in [2.75, 3.05) is 11.9 Å². The summed E-state index contributed by atoms with van der Waals surface area (Å²) in [7, 11) is 0. The number of carbonyl (C=O) groups excluding carboxylic acids is 2. The van der Waals surface area contributed by atoms with Crippen LogP contribution in [0.25, 0.3) is 0 Å². The minimum Gasteiger partial charge on any atom is -0.452 e. The first-order valence-corrected chi connectivity index (χ1v) is 6.94. The van der Waals surface area contributed by atoms with Crippen molar-refractivity contribution in [3.63, 3.8) is 0 Å². The molecule has 7 heteroatoms. The summed E-state index contributed by atoms with van der Waals surface area (Å²) in [6.45, 7) is -0.659. The fourth-order valence-electron chi connectivity index (χ4n) is 1.63. The third-order valence-electron chi connectivity index (χ3n) is 2.66. The summed E-state index contributed by atoms with van der Waals surface area (Å²) in [5.74, 6) is -3.39. The number of halogens is 3. The Morgan fingerprint density at radius 2 is 1.68 bits per heavy atom. The number of para-hydroxylation sites is 1. The Labute approximate surface area is 133 Å². The van der Waals surface area contributed by atoms with Crippen molar-refractivity contribution in [3.05, 3.63) is 64.1 Å². The van der Waals surface area contributed by atoms with Gasteiger partial charge in [-0.15, -0.1) is 0 Å². The Balaban J connectivity index is 1.96. The SMILES string of the molecule is O=C(COC(=O)c1ccccc1Br)Nc1c(F)cccc1F. The third kappa shape index (κ3) is 3.88. The molecule has 2 aromatic rings. The van der Waals surface area contributed by atoms with Crippen LogP contribution in [0.1, 0.15) is 10.4 Å². The standard InChI is InChI=1S/C15H10BrF2NO3/c16-10-5-2-1-4-9(10)15(21)22-8-13(20)19-14-11(17)6-3-7-12(14)18/h1-7H,8H2,(H,19,20). The zero-order valence-corrected chi connectivity index (χ0v) is 12.7. The van der Waals surface area contributed by atoms with Crippen LogP contribution in [0.2, 0.25) is 0 Å². The maximum atomic E-state index is 13.4. The maximum absolute atomic E-state index is 13.4. The molecule has 0 aliphatic rings. The van der Waals surface area contributed by atoms with Crippen molar-refractivity contribution in [1.82, 2.24) is 0 Å². The lowest BCUT2D eigenvalue weighted by atomic mass is 10.2. The van der Waals surface area contributed by atoms with Crippen LogP contribution in [0.15, 0.2) is 46.9 Å². The highest BCUT2D eigenvalue weighted by Crippen LogP contribution is 2.18. The molecule has 114 valence electrons. The third-order valence-corrected chi connectivity index (χ3v) is 3.35. The Kier molecular flexibility index (Phi) is 5.21. The highest BCUT2D eigenvalue weighted by Gasteiger charge is 2.15. The van der Waals surface area contributed by atoms with Crippen molar-refractivity contribution in [2.24, 2.45) is 0 Å². The van der Waals surface area contributed by atoms with E-state index in [9.17, 15) is 18.4 Å². The van der Waals surface area contributed by atoms with E-state index in [0.29, 0.717) is 4.47 Å². The predicted octanol–water partition coefficient (Wildman–Crippen LogP) is 3.52. The van der Waals surface area contributed by atoms with Gasteiger partial charge in [-0.25, -0.2) is 13.6 Å². The van der Waals surface area contributed by atoms with E-state index in [0.717, 1.165) is 12.1 Å². The van der Waals surface area contributed by atoms with E-state index in [-0.39, 0.29) is 5.56 Å². The minimum absolute atomic E-state index is 0.243. The molecule has 2 rings (SSSR count). The summed E-state index contributed by atoms with van der Waals surface area (Å²) in [5.41, 5.74) is -0.336. The van der Waals surface area contributed by atoms with Crippen LogP contribution < -0.4 is 5.32 Å². The number of nitrogens with one attached hydrogen (secondary N) is 1. The van der Waals surface area contributed by atoms with E-state index in [1.165, 1.54) is 12.1 Å². The second-order valence-corrected chi connectivity index (χ2v) is 5.06. The first kappa shape index (κ1) is 16.1. The smallest absolute Gasteiger partial charge is 0.339 e. The average molecular weight is 370 g/mol. The zero-order chi connectivity index (χ0) is 16.1. The van der Waals surface area contributed by atoms with Crippen LogP contribution in [0.5, 0.6) is 0 Å². The molecule has 4 nitrogen and oxygen atoms in total. The van der Waals surface area contributed by atoms with E-state index in [1.807, 2.05) is 5.32 Å². The number of rotatable bonds is 4. The molecule has 0 fully saturated rings. The molecule has 22 heavy (non-hydrogen) atoms. The molecule has 1 N–H and O–H groups in total. The fraction of sp³-hybridized carbons (Fsp3) is 0.0667. The summed E-state index contributed by atoms with van der Waals surface area (Å²) < 4.78 is 32.0. The van der Waals surface area contributed by atoms with Gasteiger partial charge in [0.05, 0.1) is 5.56 Å². The number of ether oxygens (including phenoxy) is 1. The fourth-order valence-corrected chi connectivity index (χ4v) is 2.07.